The van der Waals surface area contributed by atoms with Crippen LogP contribution in [0.25, 0.3) is 5.69 Å². The molecule has 0 aliphatic rings. The number of aromatic nitrogens is 2. The Morgan fingerprint density at radius 2 is 2.05 bits per heavy atom. The van der Waals surface area contributed by atoms with Crippen molar-refractivity contribution in [1.82, 2.24) is 9.78 Å². The Hall–Kier alpha value is -1.80. The number of nitrogens with zero attached hydrogens (tertiary/aromatic N) is 2. The van der Waals surface area contributed by atoms with Crippen molar-refractivity contribution in [3.8, 4) is 5.69 Å². The van der Waals surface area contributed by atoms with Crippen LogP contribution in [0.1, 0.15) is 5.69 Å². The lowest BCUT2D eigenvalue weighted by atomic mass is 10.3. The number of carbonyl (C=O) groups is 1. The first kappa shape index (κ1) is 16.6. The maximum atomic E-state index is 13.2. The van der Waals surface area contributed by atoms with Gasteiger partial charge < -0.3 is 5.32 Å². The molecule has 10 heteroatoms. The molecule has 22 heavy (non-hydrogen) atoms. The Bertz CT molecular complexity index is 700. The molecule has 1 unspecified atom stereocenters. The normalized spacial score (nSPS) is 13.0. The van der Waals surface area contributed by atoms with Crippen LogP contribution in [0.15, 0.2) is 30.5 Å². The van der Waals surface area contributed by atoms with Gasteiger partial charge in [-0.25, -0.2) is 9.07 Å². The number of halogens is 6. The molecule has 4 nitrogen and oxygen atoms in total. The molecular formula is C12H7Cl2F4N3O. The number of anilines is 1. The number of hydrogen-bond acceptors (Lipinski definition) is 2. The lowest BCUT2D eigenvalue weighted by Crippen LogP contribution is -2.22. The maximum absolute atomic E-state index is 13.2. The molecule has 0 aliphatic heterocycles. The molecule has 0 saturated carbocycles. The molecular weight excluding hydrogens is 349 g/mol. The van der Waals surface area contributed by atoms with Crippen molar-refractivity contribution in [2.45, 2.75) is 11.8 Å². The number of alkyl halides is 5. The second-order valence-electron chi connectivity index (χ2n) is 4.09. The molecule has 1 amide bonds. The van der Waals surface area contributed by atoms with Gasteiger partial charge in [0.15, 0.2) is 5.69 Å². The first-order valence-corrected chi connectivity index (χ1v) is 6.52. The summed E-state index contributed by atoms with van der Waals surface area (Å²) in [7, 11) is 0. The first-order valence-electron chi connectivity index (χ1n) is 5.70. The highest BCUT2D eigenvalue weighted by atomic mass is 35.5. The van der Waals surface area contributed by atoms with Crippen molar-refractivity contribution in [3.05, 3.63) is 41.2 Å². The molecule has 0 fully saturated rings. The van der Waals surface area contributed by atoms with Crippen LogP contribution in [0, 0.1) is 0 Å². The lowest BCUT2D eigenvalue weighted by molar-refractivity contribution is -0.142. The van der Waals surface area contributed by atoms with Crippen LogP contribution in [0.3, 0.4) is 0 Å². The van der Waals surface area contributed by atoms with Crippen LogP contribution in [-0.4, -0.2) is 21.3 Å². The summed E-state index contributed by atoms with van der Waals surface area (Å²) in [5.41, 5.74) is -4.43. The summed E-state index contributed by atoms with van der Waals surface area (Å²) in [6, 6.07) is 5.52. The van der Waals surface area contributed by atoms with E-state index in [2.05, 4.69) is 5.10 Å². The molecule has 0 aliphatic carbocycles. The van der Waals surface area contributed by atoms with E-state index in [0.717, 1.165) is 6.20 Å². The monoisotopic (exact) mass is 355 g/mol. The minimum Gasteiger partial charge on any atom is -0.319 e. The van der Waals surface area contributed by atoms with Crippen molar-refractivity contribution in [3.63, 3.8) is 0 Å². The second kappa shape index (κ2) is 6.13. The van der Waals surface area contributed by atoms with E-state index < -0.39 is 29.1 Å². The van der Waals surface area contributed by atoms with E-state index in [0.29, 0.717) is 4.68 Å². The minimum absolute atomic E-state index is 0.0306. The predicted octanol–water partition coefficient (Wildman–Crippen LogP) is 4.02. The fourth-order valence-corrected chi connectivity index (χ4v) is 1.94. The molecule has 2 aromatic rings. The third-order valence-electron chi connectivity index (χ3n) is 2.55. The van der Waals surface area contributed by atoms with Gasteiger partial charge in [-0.15, -0.1) is 0 Å². The van der Waals surface area contributed by atoms with Crippen LogP contribution < -0.4 is 5.32 Å². The van der Waals surface area contributed by atoms with Crippen molar-refractivity contribution in [2.75, 3.05) is 5.32 Å². The van der Waals surface area contributed by atoms with E-state index in [1.807, 2.05) is 0 Å². The molecule has 2 rings (SSSR count). The molecule has 1 atom stereocenters. The Morgan fingerprint density at radius 3 is 2.59 bits per heavy atom. The van der Waals surface area contributed by atoms with Gasteiger partial charge >= 0.3 is 6.18 Å². The number of hydrogen-bond donors (Lipinski definition) is 1. The van der Waals surface area contributed by atoms with Gasteiger partial charge in [0.05, 0.1) is 17.6 Å². The summed E-state index contributed by atoms with van der Waals surface area (Å²) in [6.07, 6.45) is -4.10. The van der Waals surface area contributed by atoms with E-state index in [1.165, 1.54) is 24.3 Å². The van der Waals surface area contributed by atoms with Gasteiger partial charge in [0.2, 0.25) is 0 Å². The topological polar surface area (TPSA) is 46.9 Å². The molecule has 1 aromatic heterocycles. The van der Waals surface area contributed by atoms with Gasteiger partial charge in [0.25, 0.3) is 11.5 Å². The number of rotatable bonds is 3. The summed E-state index contributed by atoms with van der Waals surface area (Å²) >= 11 is 10.6. The van der Waals surface area contributed by atoms with Crippen molar-refractivity contribution < 1.29 is 22.4 Å². The number of carbonyl (C=O) groups excluding carboxylic acids is 1. The molecule has 0 saturated heterocycles. The molecule has 0 bridgehead atoms. The highest BCUT2D eigenvalue weighted by Gasteiger charge is 2.39. The van der Waals surface area contributed by atoms with Gasteiger partial charge in [-0.1, -0.05) is 29.3 Å². The summed E-state index contributed by atoms with van der Waals surface area (Å²) < 4.78 is 52.8. The predicted molar refractivity (Wildman–Crippen MR) is 73.0 cm³/mol. The van der Waals surface area contributed by atoms with E-state index in [4.69, 9.17) is 23.2 Å². The van der Waals surface area contributed by atoms with Gasteiger partial charge in [-0.05, 0) is 18.2 Å². The van der Waals surface area contributed by atoms with Crippen LogP contribution in [-0.2, 0) is 11.0 Å². The van der Waals surface area contributed by atoms with Gasteiger partial charge in [0, 0.05) is 5.02 Å². The highest BCUT2D eigenvalue weighted by Crippen LogP contribution is 2.36. The number of benzene rings is 1. The molecule has 0 radical (unpaired) electrons. The van der Waals surface area contributed by atoms with Crippen LogP contribution in [0.2, 0.25) is 5.02 Å². The largest absolute Gasteiger partial charge is 0.435 e. The lowest BCUT2D eigenvalue weighted by Gasteiger charge is -2.13. The Kier molecular flexibility index (Phi) is 4.62. The molecule has 0 spiro atoms. The molecule has 118 valence electrons. The SMILES string of the molecule is O=C(Nc1cnn(-c2cccc(Cl)c2)c1C(F)(F)F)C(F)Cl. The standard InChI is InChI=1S/C12H7Cl2F4N3O/c13-6-2-1-3-7(4-6)21-9(12(16,17)18)8(5-19-21)20-11(22)10(14)15/h1-5,10H,(H,20,22). The number of nitrogens with one attached hydrogen (secondary N) is 1. The number of amides is 1. The average molecular weight is 356 g/mol. The third kappa shape index (κ3) is 3.50. The first-order chi connectivity index (χ1) is 10.2. The van der Waals surface area contributed by atoms with Gasteiger partial charge in [0.1, 0.15) is 0 Å². The van der Waals surface area contributed by atoms with Crippen LogP contribution in [0.4, 0.5) is 23.2 Å². The molecule has 1 heterocycles. The van der Waals surface area contributed by atoms with E-state index >= 15 is 0 Å². The smallest absolute Gasteiger partial charge is 0.319 e. The zero-order valence-electron chi connectivity index (χ0n) is 10.5. The van der Waals surface area contributed by atoms with Crippen molar-refractivity contribution in [1.29, 1.82) is 0 Å². The van der Waals surface area contributed by atoms with E-state index in [-0.39, 0.29) is 10.7 Å². The summed E-state index contributed by atoms with van der Waals surface area (Å²) in [4.78, 5) is 11.1. The third-order valence-corrected chi connectivity index (χ3v) is 2.98. The molecule has 1 N–H and O–H groups in total. The average Bonchev–Trinajstić information content (AvgIpc) is 2.82. The quantitative estimate of drug-likeness (QED) is 0.667. The van der Waals surface area contributed by atoms with Crippen LogP contribution >= 0.6 is 23.2 Å². The summed E-state index contributed by atoms with van der Waals surface area (Å²) in [5.74, 6) is -1.42. The Labute approximate surface area is 131 Å². The van der Waals surface area contributed by atoms with Gasteiger partial charge in [-0.2, -0.15) is 18.3 Å². The Morgan fingerprint density at radius 1 is 1.36 bits per heavy atom. The van der Waals surface area contributed by atoms with Gasteiger partial charge in [-0.3, -0.25) is 4.79 Å². The van der Waals surface area contributed by atoms with Crippen LogP contribution in [0.5, 0.6) is 0 Å². The fourth-order valence-electron chi connectivity index (χ4n) is 1.70. The summed E-state index contributed by atoms with van der Waals surface area (Å²) in [5, 5.41) is 5.51. The minimum atomic E-state index is -4.85. The van der Waals surface area contributed by atoms with E-state index in [9.17, 15) is 22.4 Å². The maximum Gasteiger partial charge on any atom is 0.435 e. The zero-order valence-corrected chi connectivity index (χ0v) is 12.0. The van der Waals surface area contributed by atoms with Crippen molar-refractivity contribution >= 4 is 34.8 Å². The van der Waals surface area contributed by atoms with Crippen molar-refractivity contribution in [2.24, 2.45) is 0 Å². The highest BCUT2D eigenvalue weighted by molar-refractivity contribution is 6.31. The zero-order chi connectivity index (χ0) is 16.5. The molecule has 1 aromatic carbocycles. The second-order valence-corrected chi connectivity index (χ2v) is 4.91. The summed E-state index contributed by atoms with van der Waals surface area (Å²) in [6.45, 7) is 0. The Balaban J connectivity index is 2.52. The van der Waals surface area contributed by atoms with E-state index in [1.54, 1.807) is 5.32 Å². The fraction of sp³-hybridized carbons (Fsp3) is 0.167.